The van der Waals surface area contributed by atoms with Crippen LogP contribution in [-0.2, 0) is 15.6 Å². The largest absolute Gasteiger partial charge is 0.494 e. The van der Waals surface area contributed by atoms with Crippen molar-refractivity contribution in [2.24, 2.45) is 11.0 Å². The molecule has 0 bridgehead atoms. The van der Waals surface area contributed by atoms with Gasteiger partial charge in [0.1, 0.15) is 5.75 Å². The van der Waals surface area contributed by atoms with E-state index in [0.717, 1.165) is 54.7 Å². The third-order valence-corrected chi connectivity index (χ3v) is 10.7. The third kappa shape index (κ3) is 7.72. The SMILES string of the molecule is CCC(C)(C)c1cc(OCCCC(=O)N2N=C3C(=Cc4ccc(Cl)cc4)CCCC3C2c2ccc(Cl)cc2)cc(C(C)(C)CC)c1. The number of nitrogens with zero attached hydrogens (tertiary/aromatic N) is 2. The monoisotopic (exact) mass is 658 g/mol. The van der Waals surface area contributed by atoms with Crippen LogP contribution in [0.15, 0.2) is 77.4 Å². The van der Waals surface area contributed by atoms with Gasteiger partial charge in [0.05, 0.1) is 18.4 Å². The minimum atomic E-state index is -0.151. The van der Waals surface area contributed by atoms with Crippen molar-refractivity contribution in [2.45, 2.75) is 103 Å². The second-order valence-corrected chi connectivity index (χ2v) is 15.0. The van der Waals surface area contributed by atoms with Crippen LogP contribution in [0.2, 0.25) is 10.0 Å². The molecule has 3 aromatic rings. The molecule has 1 amide bonds. The summed E-state index contributed by atoms with van der Waals surface area (Å²) < 4.78 is 6.35. The van der Waals surface area contributed by atoms with Crippen LogP contribution >= 0.6 is 23.2 Å². The van der Waals surface area contributed by atoms with E-state index < -0.39 is 0 Å². The molecule has 0 saturated heterocycles. The van der Waals surface area contributed by atoms with E-state index in [-0.39, 0.29) is 28.7 Å². The molecule has 1 fully saturated rings. The second-order valence-electron chi connectivity index (χ2n) is 14.1. The molecule has 4 nitrogen and oxygen atoms in total. The van der Waals surface area contributed by atoms with E-state index in [1.807, 2.05) is 48.5 Å². The number of carbonyl (C=O) groups excluding carboxylic acids is 1. The van der Waals surface area contributed by atoms with E-state index in [2.05, 4.69) is 65.8 Å². The second kappa shape index (κ2) is 14.4. The third-order valence-electron chi connectivity index (χ3n) is 10.2. The molecule has 1 aliphatic heterocycles. The molecule has 1 saturated carbocycles. The molecule has 0 spiro atoms. The number of ether oxygens (including phenoxy) is 1. The van der Waals surface area contributed by atoms with E-state index in [0.29, 0.717) is 29.5 Å². The fraction of sp³-hybridized carbons (Fsp3) is 0.450. The van der Waals surface area contributed by atoms with Gasteiger partial charge in [-0.25, -0.2) is 5.01 Å². The first-order valence-corrected chi connectivity index (χ1v) is 17.6. The van der Waals surface area contributed by atoms with Gasteiger partial charge in [-0.1, -0.05) is 95.1 Å². The van der Waals surface area contributed by atoms with Crippen molar-refractivity contribution < 1.29 is 9.53 Å². The molecule has 0 N–H and O–H groups in total. The van der Waals surface area contributed by atoms with Crippen LogP contribution < -0.4 is 4.74 Å². The summed E-state index contributed by atoms with van der Waals surface area (Å²) >= 11 is 12.4. The number of carbonyl (C=O) groups is 1. The highest BCUT2D eigenvalue weighted by atomic mass is 35.5. The Morgan fingerprint density at radius 3 is 2.09 bits per heavy atom. The van der Waals surface area contributed by atoms with Gasteiger partial charge in [-0.2, -0.15) is 5.10 Å². The average Bonchev–Trinajstić information content (AvgIpc) is 3.45. The summed E-state index contributed by atoms with van der Waals surface area (Å²) in [5.41, 5.74) is 7.06. The number of benzene rings is 3. The molecule has 0 aromatic heterocycles. The molecular weight excluding hydrogens is 611 g/mol. The van der Waals surface area contributed by atoms with Crippen LogP contribution in [0.5, 0.6) is 5.75 Å². The van der Waals surface area contributed by atoms with Crippen LogP contribution in [0.25, 0.3) is 6.08 Å². The molecule has 3 aromatic carbocycles. The summed E-state index contributed by atoms with van der Waals surface area (Å²) in [4.78, 5) is 13.9. The highest BCUT2D eigenvalue weighted by Gasteiger charge is 2.43. The van der Waals surface area contributed by atoms with Crippen molar-refractivity contribution in [1.82, 2.24) is 5.01 Å². The summed E-state index contributed by atoms with van der Waals surface area (Å²) in [5.74, 6) is 1.04. The van der Waals surface area contributed by atoms with Gasteiger partial charge in [0.15, 0.2) is 0 Å². The lowest BCUT2D eigenvalue weighted by Crippen LogP contribution is -2.32. The van der Waals surface area contributed by atoms with Gasteiger partial charge < -0.3 is 4.74 Å². The normalized spacial score (nSPS) is 19.3. The molecule has 1 heterocycles. The molecule has 0 radical (unpaired) electrons. The molecular formula is C40H48Cl2N2O2. The van der Waals surface area contributed by atoms with Gasteiger partial charge in [-0.05, 0) is 120 Å². The van der Waals surface area contributed by atoms with E-state index in [4.69, 9.17) is 33.0 Å². The predicted molar refractivity (Wildman–Crippen MR) is 193 cm³/mol. The van der Waals surface area contributed by atoms with Crippen molar-refractivity contribution in [1.29, 1.82) is 0 Å². The summed E-state index contributed by atoms with van der Waals surface area (Å²) in [6, 6.07) is 22.3. The lowest BCUT2D eigenvalue weighted by Gasteiger charge is -2.30. The Labute approximate surface area is 285 Å². The van der Waals surface area contributed by atoms with Gasteiger partial charge >= 0.3 is 0 Å². The number of halogens is 2. The number of rotatable bonds is 11. The van der Waals surface area contributed by atoms with Crippen molar-refractivity contribution in [2.75, 3.05) is 6.61 Å². The maximum atomic E-state index is 13.9. The molecule has 46 heavy (non-hydrogen) atoms. The number of amides is 1. The predicted octanol–water partition coefficient (Wildman–Crippen LogP) is 11.4. The van der Waals surface area contributed by atoms with Crippen LogP contribution in [-0.4, -0.2) is 23.2 Å². The minimum absolute atomic E-state index is 0.0185. The van der Waals surface area contributed by atoms with E-state index >= 15 is 0 Å². The smallest absolute Gasteiger partial charge is 0.243 e. The van der Waals surface area contributed by atoms with Crippen LogP contribution in [0.4, 0.5) is 0 Å². The number of allylic oxidation sites excluding steroid dienone is 1. The number of hydrogen-bond donors (Lipinski definition) is 0. The Bertz CT molecular complexity index is 1550. The zero-order chi connectivity index (χ0) is 33.1. The quantitative estimate of drug-likeness (QED) is 0.192. The number of hydrogen-bond acceptors (Lipinski definition) is 3. The lowest BCUT2D eigenvalue weighted by molar-refractivity contribution is -0.133. The van der Waals surface area contributed by atoms with Crippen LogP contribution in [0.3, 0.4) is 0 Å². The van der Waals surface area contributed by atoms with E-state index in [1.54, 1.807) is 5.01 Å². The first-order chi connectivity index (χ1) is 21.9. The lowest BCUT2D eigenvalue weighted by atomic mass is 9.76. The summed E-state index contributed by atoms with van der Waals surface area (Å²) in [6.45, 7) is 14.1. The Morgan fingerprint density at radius 1 is 0.913 bits per heavy atom. The van der Waals surface area contributed by atoms with Crippen molar-refractivity contribution in [3.8, 4) is 5.75 Å². The topological polar surface area (TPSA) is 41.9 Å². The standard InChI is InChI=1S/C40H48Cl2N2O2/c1-7-39(3,4)30-24-31(40(5,6)8-2)26-34(25-30)46-22-10-13-36(45)44-38(28-16-20-33(42)21-17-28)35-12-9-11-29(37(35)43-44)23-27-14-18-32(41)19-15-27/h14-21,23-26,35,38H,7-13,22H2,1-6H3. The maximum Gasteiger partial charge on any atom is 0.243 e. The first kappa shape index (κ1) is 34.3. The Hall–Kier alpha value is -3.08. The van der Waals surface area contributed by atoms with Crippen LogP contribution in [0, 0.1) is 5.92 Å². The first-order valence-electron chi connectivity index (χ1n) is 16.8. The maximum absolute atomic E-state index is 13.9. The molecule has 244 valence electrons. The van der Waals surface area contributed by atoms with Gasteiger partial charge in [-0.3, -0.25) is 4.79 Å². The molecule has 2 aliphatic rings. The van der Waals surface area contributed by atoms with Gasteiger partial charge in [-0.15, -0.1) is 0 Å². The summed E-state index contributed by atoms with van der Waals surface area (Å²) in [7, 11) is 0. The molecule has 2 atom stereocenters. The summed E-state index contributed by atoms with van der Waals surface area (Å²) in [6.07, 6.45) is 8.22. The van der Waals surface area contributed by atoms with Crippen LogP contribution in [0.1, 0.15) is 115 Å². The van der Waals surface area contributed by atoms with Gasteiger partial charge in [0.2, 0.25) is 5.91 Å². The fourth-order valence-corrected chi connectivity index (χ4v) is 6.61. The fourth-order valence-electron chi connectivity index (χ4n) is 6.36. The van der Waals surface area contributed by atoms with Crippen molar-refractivity contribution >= 4 is 40.9 Å². The average molecular weight is 660 g/mol. The molecule has 1 aliphatic carbocycles. The van der Waals surface area contributed by atoms with E-state index in [1.165, 1.54) is 16.7 Å². The number of fused-ring (bicyclic) bond motifs is 1. The minimum Gasteiger partial charge on any atom is -0.494 e. The Kier molecular flexibility index (Phi) is 10.7. The Morgan fingerprint density at radius 2 is 1.50 bits per heavy atom. The molecule has 2 unspecified atom stereocenters. The number of hydrazone groups is 1. The molecule has 5 rings (SSSR count). The Balaban J connectivity index is 1.34. The van der Waals surface area contributed by atoms with Gasteiger partial charge in [0.25, 0.3) is 0 Å². The van der Waals surface area contributed by atoms with Crippen molar-refractivity contribution in [3.63, 3.8) is 0 Å². The van der Waals surface area contributed by atoms with Crippen molar-refractivity contribution in [3.05, 3.63) is 105 Å². The summed E-state index contributed by atoms with van der Waals surface area (Å²) in [5, 5.41) is 8.20. The van der Waals surface area contributed by atoms with E-state index in [9.17, 15) is 4.79 Å². The zero-order valence-electron chi connectivity index (χ0n) is 28.2. The highest BCUT2D eigenvalue weighted by Crippen LogP contribution is 2.45. The molecule has 6 heteroatoms. The van der Waals surface area contributed by atoms with Gasteiger partial charge in [0, 0.05) is 22.4 Å². The highest BCUT2D eigenvalue weighted by molar-refractivity contribution is 6.30. The zero-order valence-corrected chi connectivity index (χ0v) is 29.7.